The van der Waals surface area contributed by atoms with Crippen molar-refractivity contribution < 1.29 is 23.1 Å². The predicted molar refractivity (Wildman–Crippen MR) is 83.3 cm³/mol. The van der Waals surface area contributed by atoms with E-state index in [4.69, 9.17) is 0 Å². The number of carbonyl (C=O) groups is 1. The minimum absolute atomic E-state index is 0.0928. The minimum atomic E-state index is -4.47. The first-order valence-electron chi connectivity index (χ1n) is 7.60. The van der Waals surface area contributed by atoms with Gasteiger partial charge in [-0.25, -0.2) is 0 Å². The van der Waals surface area contributed by atoms with Crippen LogP contribution in [0, 0.1) is 0 Å². The van der Waals surface area contributed by atoms with Crippen molar-refractivity contribution in [3.63, 3.8) is 0 Å². The zero-order valence-corrected chi connectivity index (χ0v) is 14.0. The van der Waals surface area contributed by atoms with Crippen LogP contribution < -0.4 is 0 Å². The monoisotopic (exact) mass is 356 g/mol. The number of nitrogens with zero attached hydrogens (tertiary/aromatic N) is 4. The van der Waals surface area contributed by atoms with Gasteiger partial charge in [0.15, 0.2) is 11.9 Å². The second-order valence-corrected chi connectivity index (χ2v) is 5.96. The third-order valence-corrected chi connectivity index (χ3v) is 3.75. The minimum Gasteiger partial charge on any atom is -0.378 e. The van der Waals surface area contributed by atoms with E-state index in [1.54, 1.807) is 10.9 Å². The highest BCUT2D eigenvalue weighted by Crippen LogP contribution is 2.30. The molecule has 1 aromatic heterocycles. The summed E-state index contributed by atoms with van der Waals surface area (Å²) in [5.74, 6) is -0.0939. The van der Waals surface area contributed by atoms with Gasteiger partial charge in [0.05, 0.1) is 12.1 Å². The molecule has 6 nitrogen and oxygen atoms in total. The second kappa shape index (κ2) is 7.22. The number of hydrogen-bond donors (Lipinski definition) is 1. The molecule has 1 atom stereocenters. The third-order valence-electron chi connectivity index (χ3n) is 3.75. The molecule has 25 heavy (non-hydrogen) atoms. The van der Waals surface area contributed by atoms with Gasteiger partial charge in [-0.15, -0.1) is 10.2 Å². The molecule has 0 saturated carbocycles. The summed E-state index contributed by atoms with van der Waals surface area (Å²) in [6, 6.07) is 3.96. The molecule has 0 saturated heterocycles. The van der Waals surface area contributed by atoms with Crippen molar-refractivity contribution in [2.75, 3.05) is 7.05 Å². The Hall–Kier alpha value is -2.42. The Morgan fingerprint density at radius 3 is 2.40 bits per heavy atom. The van der Waals surface area contributed by atoms with Crippen LogP contribution in [0.4, 0.5) is 13.2 Å². The van der Waals surface area contributed by atoms with Gasteiger partial charge in [0.2, 0.25) is 0 Å². The van der Waals surface area contributed by atoms with E-state index >= 15 is 0 Å². The van der Waals surface area contributed by atoms with E-state index in [9.17, 15) is 23.1 Å². The Balaban J connectivity index is 2.09. The van der Waals surface area contributed by atoms with Gasteiger partial charge in [0.25, 0.3) is 5.91 Å². The van der Waals surface area contributed by atoms with Crippen molar-refractivity contribution in [2.45, 2.75) is 38.7 Å². The molecule has 0 aliphatic carbocycles. The van der Waals surface area contributed by atoms with Gasteiger partial charge in [-0.3, -0.25) is 4.79 Å². The number of aliphatic hydroxyl groups is 1. The fraction of sp³-hybridized carbons (Fsp3) is 0.438. The largest absolute Gasteiger partial charge is 0.416 e. The Kier molecular flexibility index (Phi) is 5.46. The Bertz CT molecular complexity index is 726. The van der Waals surface area contributed by atoms with Crippen LogP contribution in [0.15, 0.2) is 30.6 Å². The van der Waals surface area contributed by atoms with Gasteiger partial charge in [-0.2, -0.15) is 13.2 Å². The van der Waals surface area contributed by atoms with E-state index in [1.807, 2.05) is 13.8 Å². The maximum Gasteiger partial charge on any atom is 0.416 e. The topological polar surface area (TPSA) is 71.2 Å². The number of amides is 1. The average Bonchev–Trinajstić information content (AvgIpc) is 3.01. The number of rotatable bonds is 5. The van der Waals surface area contributed by atoms with Crippen LogP contribution in [-0.2, 0) is 17.5 Å². The van der Waals surface area contributed by atoms with Crippen LogP contribution in [0.3, 0.4) is 0 Å². The van der Waals surface area contributed by atoms with Gasteiger partial charge in [0, 0.05) is 13.1 Å². The average molecular weight is 356 g/mol. The maximum absolute atomic E-state index is 12.6. The van der Waals surface area contributed by atoms with Crippen LogP contribution >= 0.6 is 0 Å². The molecule has 1 heterocycles. The van der Waals surface area contributed by atoms with Crippen molar-refractivity contribution in [1.82, 2.24) is 19.7 Å². The fourth-order valence-corrected chi connectivity index (χ4v) is 2.31. The van der Waals surface area contributed by atoms with Gasteiger partial charge in [-0.05, 0) is 31.5 Å². The number of benzene rings is 1. The number of alkyl halides is 3. The molecule has 0 spiro atoms. The third kappa shape index (κ3) is 4.36. The van der Waals surface area contributed by atoms with Crippen molar-refractivity contribution >= 4 is 5.91 Å². The molecule has 1 amide bonds. The summed E-state index contributed by atoms with van der Waals surface area (Å²) < 4.78 is 39.5. The number of aromatic nitrogens is 3. The normalized spacial score (nSPS) is 13.1. The van der Waals surface area contributed by atoms with Gasteiger partial charge < -0.3 is 14.6 Å². The van der Waals surface area contributed by atoms with Crippen molar-refractivity contribution in [3.8, 4) is 0 Å². The Morgan fingerprint density at radius 2 is 1.88 bits per heavy atom. The lowest BCUT2D eigenvalue weighted by Gasteiger charge is -2.21. The molecular formula is C16H19F3N4O2. The van der Waals surface area contributed by atoms with Crippen molar-refractivity contribution in [3.05, 3.63) is 47.5 Å². The van der Waals surface area contributed by atoms with Gasteiger partial charge in [-0.1, -0.05) is 12.1 Å². The summed E-state index contributed by atoms with van der Waals surface area (Å²) in [4.78, 5) is 13.6. The first-order chi connectivity index (χ1) is 11.6. The zero-order valence-electron chi connectivity index (χ0n) is 14.0. The summed E-state index contributed by atoms with van der Waals surface area (Å²) >= 11 is 0. The Morgan fingerprint density at radius 1 is 1.28 bits per heavy atom. The summed E-state index contributed by atoms with van der Waals surface area (Å²) in [6.45, 7) is 3.99. The SMILES string of the molecule is CC(C)n1cnnc1CN(C)C(=O)C(O)c1ccc(C(F)(F)F)cc1. The molecule has 0 fully saturated rings. The van der Waals surface area contributed by atoms with Crippen LogP contribution in [0.25, 0.3) is 0 Å². The zero-order chi connectivity index (χ0) is 18.8. The molecule has 0 aliphatic rings. The lowest BCUT2D eigenvalue weighted by Crippen LogP contribution is -2.32. The lowest BCUT2D eigenvalue weighted by molar-refractivity contribution is -0.139. The summed E-state index contributed by atoms with van der Waals surface area (Å²) in [5, 5.41) is 17.9. The summed E-state index contributed by atoms with van der Waals surface area (Å²) in [5.41, 5.74) is -0.746. The number of halogens is 3. The number of likely N-dealkylation sites (N-methyl/N-ethyl adjacent to an activating group) is 1. The fourth-order valence-electron chi connectivity index (χ4n) is 2.31. The summed E-state index contributed by atoms with van der Waals surface area (Å²) in [6.07, 6.45) is -4.47. The van der Waals surface area contributed by atoms with Gasteiger partial charge >= 0.3 is 6.18 Å². The molecule has 1 aromatic carbocycles. The second-order valence-electron chi connectivity index (χ2n) is 5.96. The maximum atomic E-state index is 12.6. The molecular weight excluding hydrogens is 337 g/mol. The number of hydrogen-bond acceptors (Lipinski definition) is 4. The van der Waals surface area contributed by atoms with E-state index < -0.39 is 23.8 Å². The quantitative estimate of drug-likeness (QED) is 0.894. The standard InChI is InChI=1S/C16H19F3N4O2/c1-10(2)23-9-20-21-13(23)8-22(3)15(25)14(24)11-4-6-12(7-5-11)16(17,18)19/h4-7,9-10,14,24H,8H2,1-3H3. The molecule has 9 heteroatoms. The van der Waals surface area contributed by atoms with E-state index in [0.29, 0.717) is 5.82 Å². The molecule has 136 valence electrons. The van der Waals surface area contributed by atoms with E-state index in [0.717, 1.165) is 24.3 Å². The predicted octanol–water partition coefficient (Wildman–Crippen LogP) is 2.57. The Labute approximate surface area is 142 Å². The molecule has 1 unspecified atom stereocenters. The van der Waals surface area contributed by atoms with E-state index in [2.05, 4.69) is 10.2 Å². The molecule has 1 N–H and O–H groups in total. The lowest BCUT2D eigenvalue weighted by atomic mass is 10.1. The highest BCUT2D eigenvalue weighted by Gasteiger charge is 2.31. The first-order valence-corrected chi connectivity index (χ1v) is 7.60. The molecule has 0 aliphatic heterocycles. The molecule has 0 radical (unpaired) electrons. The van der Waals surface area contributed by atoms with E-state index in [-0.39, 0.29) is 18.2 Å². The van der Waals surface area contributed by atoms with Crippen LogP contribution in [0.1, 0.15) is 42.9 Å². The molecule has 2 rings (SSSR count). The smallest absolute Gasteiger partial charge is 0.378 e. The van der Waals surface area contributed by atoms with Crippen molar-refractivity contribution in [2.24, 2.45) is 0 Å². The first kappa shape index (κ1) is 18.9. The van der Waals surface area contributed by atoms with E-state index in [1.165, 1.54) is 11.9 Å². The highest BCUT2D eigenvalue weighted by molar-refractivity contribution is 5.81. The van der Waals surface area contributed by atoms with Gasteiger partial charge in [0.1, 0.15) is 6.33 Å². The summed E-state index contributed by atoms with van der Waals surface area (Å²) in [7, 11) is 1.48. The highest BCUT2D eigenvalue weighted by atomic mass is 19.4. The number of aliphatic hydroxyl groups excluding tert-OH is 1. The van der Waals surface area contributed by atoms with Crippen LogP contribution in [0.5, 0.6) is 0 Å². The van der Waals surface area contributed by atoms with Crippen LogP contribution in [-0.4, -0.2) is 37.7 Å². The van der Waals surface area contributed by atoms with Crippen LogP contribution in [0.2, 0.25) is 0 Å². The number of carbonyl (C=O) groups excluding carboxylic acids is 1. The van der Waals surface area contributed by atoms with Crippen molar-refractivity contribution in [1.29, 1.82) is 0 Å². The molecule has 2 aromatic rings. The molecule has 0 bridgehead atoms.